The van der Waals surface area contributed by atoms with Crippen LogP contribution in [0, 0.1) is 22.7 Å². The third-order valence-corrected chi connectivity index (χ3v) is 6.54. The first-order valence-corrected chi connectivity index (χ1v) is 12.5. The highest BCUT2D eigenvalue weighted by Gasteiger charge is 2.20. The SMILES string of the molecule is CC(C)(O)COc1cc(-c2ccc(N3CCN(Cc4ccc(C#N)cc4)CC3)nc2)c2c(C#N)cnn2c1. The maximum absolute atomic E-state index is 10.1. The van der Waals surface area contributed by atoms with Gasteiger partial charge in [0.15, 0.2) is 0 Å². The first kappa shape index (κ1) is 25.2. The quantitative estimate of drug-likeness (QED) is 0.404. The predicted molar refractivity (Wildman–Crippen MR) is 144 cm³/mol. The molecule has 1 fully saturated rings. The molecule has 1 aromatic carbocycles. The van der Waals surface area contributed by atoms with Crippen LogP contribution in [-0.2, 0) is 6.54 Å². The number of pyridine rings is 2. The van der Waals surface area contributed by atoms with E-state index in [4.69, 9.17) is 15.0 Å². The number of nitrogens with zero attached hydrogens (tertiary/aromatic N) is 7. The molecule has 192 valence electrons. The number of hydrogen-bond acceptors (Lipinski definition) is 8. The molecule has 0 amide bonds. The fourth-order valence-corrected chi connectivity index (χ4v) is 4.55. The lowest BCUT2D eigenvalue weighted by molar-refractivity contribution is 0.0283. The Kier molecular flexibility index (Phi) is 6.97. The van der Waals surface area contributed by atoms with Gasteiger partial charge in [0.2, 0.25) is 0 Å². The Labute approximate surface area is 221 Å². The molecule has 0 saturated carbocycles. The third-order valence-electron chi connectivity index (χ3n) is 6.54. The van der Waals surface area contributed by atoms with E-state index in [1.54, 1.807) is 24.6 Å². The van der Waals surface area contributed by atoms with Crippen LogP contribution in [0.2, 0.25) is 0 Å². The van der Waals surface area contributed by atoms with Crippen molar-refractivity contribution >= 4 is 11.3 Å². The van der Waals surface area contributed by atoms with Crippen LogP contribution in [0.5, 0.6) is 5.75 Å². The van der Waals surface area contributed by atoms with Crippen LogP contribution in [-0.4, -0.2) is 63.0 Å². The average Bonchev–Trinajstić information content (AvgIpc) is 3.35. The van der Waals surface area contributed by atoms with Gasteiger partial charge in [0.25, 0.3) is 0 Å². The maximum Gasteiger partial charge on any atom is 0.138 e. The number of anilines is 1. The molecule has 0 atom stereocenters. The van der Waals surface area contributed by atoms with E-state index in [0.717, 1.165) is 49.7 Å². The zero-order valence-electron chi connectivity index (χ0n) is 21.5. The van der Waals surface area contributed by atoms with Crippen molar-refractivity contribution < 1.29 is 9.84 Å². The second-order valence-electron chi connectivity index (χ2n) is 10.1. The van der Waals surface area contributed by atoms with Gasteiger partial charge in [-0.3, -0.25) is 4.90 Å². The largest absolute Gasteiger partial charge is 0.489 e. The summed E-state index contributed by atoms with van der Waals surface area (Å²) >= 11 is 0. The number of aliphatic hydroxyl groups is 1. The minimum Gasteiger partial charge on any atom is -0.489 e. The van der Waals surface area contributed by atoms with Gasteiger partial charge in [0.05, 0.1) is 40.7 Å². The van der Waals surface area contributed by atoms with E-state index in [1.165, 1.54) is 11.8 Å². The minimum atomic E-state index is -0.980. The number of piperazine rings is 1. The van der Waals surface area contributed by atoms with E-state index in [0.29, 0.717) is 22.4 Å². The fourth-order valence-electron chi connectivity index (χ4n) is 4.55. The second kappa shape index (κ2) is 10.5. The Morgan fingerprint density at radius 2 is 1.76 bits per heavy atom. The highest BCUT2D eigenvalue weighted by Crippen LogP contribution is 2.31. The van der Waals surface area contributed by atoms with E-state index in [-0.39, 0.29) is 6.61 Å². The molecule has 1 aliphatic heterocycles. The van der Waals surface area contributed by atoms with Crippen LogP contribution in [0.4, 0.5) is 5.82 Å². The second-order valence-corrected chi connectivity index (χ2v) is 10.1. The van der Waals surface area contributed by atoms with Gasteiger partial charge < -0.3 is 14.7 Å². The van der Waals surface area contributed by atoms with Crippen LogP contribution < -0.4 is 9.64 Å². The van der Waals surface area contributed by atoms with E-state index >= 15 is 0 Å². The van der Waals surface area contributed by atoms with Gasteiger partial charge in [-0.15, -0.1) is 0 Å². The molecule has 1 saturated heterocycles. The number of nitriles is 2. The molecule has 9 heteroatoms. The Morgan fingerprint density at radius 1 is 1.00 bits per heavy atom. The molecular weight excluding hydrogens is 478 g/mol. The lowest BCUT2D eigenvalue weighted by Gasteiger charge is -2.35. The number of aromatic nitrogens is 3. The topological polar surface area (TPSA) is 114 Å². The van der Waals surface area contributed by atoms with Crippen LogP contribution in [0.15, 0.2) is 61.1 Å². The summed E-state index contributed by atoms with van der Waals surface area (Å²) in [5, 5.41) is 33.0. The molecule has 1 N–H and O–H groups in total. The van der Waals surface area contributed by atoms with Crippen molar-refractivity contribution in [2.24, 2.45) is 0 Å². The Hall–Kier alpha value is -4.44. The zero-order chi connectivity index (χ0) is 26.7. The van der Waals surface area contributed by atoms with Crippen molar-refractivity contribution in [1.82, 2.24) is 19.5 Å². The summed E-state index contributed by atoms with van der Waals surface area (Å²) < 4.78 is 7.46. The van der Waals surface area contributed by atoms with Crippen molar-refractivity contribution in [2.75, 3.05) is 37.7 Å². The molecule has 0 spiro atoms. The lowest BCUT2D eigenvalue weighted by atomic mass is 10.1. The summed E-state index contributed by atoms with van der Waals surface area (Å²) in [4.78, 5) is 9.43. The van der Waals surface area contributed by atoms with Gasteiger partial charge >= 0.3 is 0 Å². The van der Waals surface area contributed by atoms with Crippen LogP contribution in [0.3, 0.4) is 0 Å². The van der Waals surface area contributed by atoms with Gasteiger partial charge in [-0.05, 0) is 49.7 Å². The van der Waals surface area contributed by atoms with Crippen LogP contribution in [0.1, 0.15) is 30.5 Å². The fraction of sp³-hybridized carbons (Fsp3) is 0.310. The van der Waals surface area contributed by atoms with Gasteiger partial charge in [-0.2, -0.15) is 15.6 Å². The Bertz CT molecular complexity index is 1500. The molecule has 0 radical (unpaired) electrons. The van der Waals surface area contributed by atoms with Crippen molar-refractivity contribution in [3.05, 3.63) is 77.7 Å². The van der Waals surface area contributed by atoms with E-state index in [1.807, 2.05) is 48.7 Å². The summed E-state index contributed by atoms with van der Waals surface area (Å²) in [5.41, 5.74) is 3.70. The molecule has 9 nitrogen and oxygen atoms in total. The molecular formula is C29H29N7O2. The van der Waals surface area contributed by atoms with Crippen molar-refractivity contribution in [2.45, 2.75) is 26.0 Å². The average molecular weight is 508 g/mol. The van der Waals surface area contributed by atoms with E-state index in [9.17, 15) is 10.4 Å². The summed E-state index contributed by atoms with van der Waals surface area (Å²) in [5.74, 6) is 1.45. The monoisotopic (exact) mass is 507 g/mol. The van der Waals surface area contributed by atoms with E-state index < -0.39 is 5.60 Å². The minimum absolute atomic E-state index is 0.124. The van der Waals surface area contributed by atoms with Crippen LogP contribution in [0.25, 0.3) is 16.6 Å². The highest BCUT2D eigenvalue weighted by atomic mass is 16.5. The predicted octanol–water partition coefficient (Wildman–Crippen LogP) is 3.61. The smallest absolute Gasteiger partial charge is 0.138 e. The van der Waals surface area contributed by atoms with Gasteiger partial charge in [-0.25, -0.2) is 9.50 Å². The number of hydrogen-bond donors (Lipinski definition) is 1. The molecule has 0 aliphatic carbocycles. The molecule has 38 heavy (non-hydrogen) atoms. The van der Waals surface area contributed by atoms with Gasteiger partial charge in [-0.1, -0.05) is 12.1 Å². The summed E-state index contributed by atoms with van der Waals surface area (Å²) in [7, 11) is 0. The van der Waals surface area contributed by atoms with E-state index in [2.05, 4.69) is 27.0 Å². The van der Waals surface area contributed by atoms with Crippen molar-refractivity contribution in [3.8, 4) is 29.0 Å². The number of fused-ring (bicyclic) bond motifs is 1. The number of rotatable bonds is 7. The summed E-state index contributed by atoms with van der Waals surface area (Å²) in [6.45, 7) is 7.94. The molecule has 0 bridgehead atoms. The molecule has 4 heterocycles. The first-order chi connectivity index (χ1) is 18.3. The van der Waals surface area contributed by atoms with Crippen LogP contribution >= 0.6 is 0 Å². The van der Waals surface area contributed by atoms with Gasteiger partial charge in [0, 0.05) is 50.0 Å². The lowest BCUT2D eigenvalue weighted by Crippen LogP contribution is -2.46. The standard InChI is InChI=1S/C29H29N7O2/c1-29(2,37)20-38-25-13-26(28-24(15-31)17-33-36(28)19-25)23-7-8-27(32-16-23)35-11-9-34(10-12-35)18-22-5-3-21(14-30)4-6-22/h3-8,13,16-17,19,37H,9-12,18,20H2,1-2H3. The zero-order valence-corrected chi connectivity index (χ0v) is 21.5. The molecule has 0 unspecified atom stereocenters. The molecule has 3 aromatic heterocycles. The Balaban J connectivity index is 1.31. The van der Waals surface area contributed by atoms with Crippen molar-refractivity contribution in [1.29, 1.82) is 10.5 Å². The number of ether oxygens (including phenoxy) is 1. The summed E-state index contributed by atoms with van der Waals surface area (Å²) in [6, 6.07) is 18.0. The molecule has 4 aromatic rings. The Morgan fingerprint density at radius 3 is 2.39 bits per heavy atom. The summed E-state index contributed by atoms with van der Waals surface area (Å²) in [6.07, 6.45) is 5.07. The molecule has 1 aliphatic rings. The first-order valence-electron chi connectivity index (χ1n) is 12.5. The number of benzene rings is 1. The third kappa shape index (κ3) is 5.60. The molecule has 5 rings (SSSR count). The van der Waals surface area contributed by atoms with Crippen molar-refractivity contribution in [3.63, 3.8) is 0 Å². The normalized spacial score (nSPS) is 14.3. The van der Waals surface area contributed by atoms with Gasteiger partial charge in [0.1, 0.15) is 24.2 Å². The highest BCUT2D eigenvalue weighted by molar-refractivity contribution is 5.85. The maximum atomic E-state index is 10.1.